The summed E-state index contributed by atoms with van der Waals surface area (Å²) >= 11 is 1.34. The fourth-order valence-electron chi connectivity index (χ4n) is 3.67. The molecule has 0 bridgehead atoms. The molecule has 148 valence electrons. The van der Waals surface area contributed by atoms with Gasteiger partial charge in [0.2, 0.25) is 5.91 Å². The van der Waals surface area contributed by atoms with Crippen molar-refractivity contribution in [3.63, 3.8) is 0 Å². The molecular weight excluding hydrogens is 396 g/mol. The number of aromatic nitrogens is 4. The Labute approximate surface area is 168 Å². The van der Waals surface area contributed by atoms with Gasteiger partial charge in [-0.05, 0) is 48.4 Å². The van der Waals surface area contributed by atoms with E-state index in [-0.39, 0.29) is 18.1 Å². The molecule has 1 aromatic carbocycles. The van der Waals surface area contributed by atoms with Crippen LogP contribution in [0.5, 0.6) is 0 Å². The summed E-state index contributed by atoms with van der Waals surface area (Å²) in [6, 6.07) is 5.44. The van der Waals surface area contributed by atoms with Crippen molar-refractivity contribution in [2.75, 3.05) is 11.6 Å². The number of hydrogen-bond donors (Lipinski definition) is 2. The average Bonchev–Trinajstić information content (AvgIpc) is 3.08. The van der Waals surface area contributed by atoms with E-state index in [0.29, 0.717) is 21.8 Å². The molecule has 5 rings (SSSR count). The first-order valence-corrected chi connectivity index (χ1v) is 10.3. The molecule has 1 saturated carbocycles. The maximum Gasteiger partial charge on any atom is 0.231 e. The molecule has 29 heavy (non-hydrogen) atoms. The normalized spacial score (nSPS) is 18.5. The van der Waals surface area contributed by atoms with Crippen molar-refractivity contribution in [2.45, 2.75) is 24.4 Å². The van der Waals surface area contributed by atoms with E-state index >= 15 is 0 Å². The molecule has 0 radical (unpaired) electrons. The minimum Gasteiger partial charge on any atom is -0.309 e. The summed E-state index contributed by atoms with van der Waals surface area (Å²) in [4.78, 5) is 12.5. The van der Waals surface area contributed by atoms with Crippen molar-refractivity contribution < 1.29 is 13.6 Å². The van der Waals surface area contributed by atoms with Gasteiger partial charge in [0, 0.05) is 17.6 Å². The number of nitrogens with zero attached hydrogens (tertiary/aromatic N) is 3. The molecule has 4 aromatic rings. The summed E-state index contributed by atoms with van der Waals surface area (Å²) in [5.41, 5.74) is 3.52. The molecule has 9 heteroatoms. The maximum atomic E-state index is 15.0. The Morgan fingerprint density at radius 3 is 2.93 bits per heavy atom. The number of rotatable bonds is 4. The molecular formula is C20H17F2N5OS. The van der Waals surface area contributed by atoms with Gasteiger partial charge in [-0.3, -0.25) is 9.89 Å². The number of amides is 1. The molecule has 2 N–H and O–H groups in total. The summed E-state index contributed by atoms with van der Waals surface area (Å²) in [7, 11) is 0. The summed E-state index contributed by atoms with van der Waals surface area (Å²) in [5, 5.41) is 14.8. The molecule has 0 spiro atoms. The van der Waals surface area contributed by atoms with Crippen LogP contribution in [0.1, 0.15) is 12.0 Å². The lowest BCUT2D eigenvalue weighted by Gasteiger charge is -2.12. The van der Waals surface area contributed by atoms with Crippen molar-refractivity contribution in [3.05, 3.63) is 42.0 Å². The number of alkyl halides is 1. The number of hydrogen-bond acceptors (Lipinski definition) is 4. The number of thioether (sulfide) groups is 1. The van der Waals surface area contributed by atoms with E-state index in [0.717, 1.165) is 22.0 Å². The first kappa shape index (κ1) is 18.1. The number of anilines is 1. The van der Waals surface area contributed by atoms with Crippen molar-refractivity contribution in [2.24, 2.45) is 5.92 Å². The Bertz CT molecular complexity index is 1280. The van der Waals surface area contributed by atoms with Crippen LogP contribution in [-0.2, 0) is 4.79 Å². The molecule has 1 fully saturated rings. The molecule has 6 nitrogen and oxygen atoms in total. The molecule has 3 aromatic heterocycles. The van der Waals surface area contributed by atoms with Crippen LogP contribution in [0.2, 0.25) is 0 Å². The van der Waals surface area contributed by atoms with Gasteiger partial charge in [-0.2, -0.15) is 10.2 Å². The van der Waals surface area contributed by atoms with Gasteiger partial charge in [0.1, 0.15) is 12.0 Å². The van der Waals surface area contributed by atoms with Crippen molar-refractivity contribution in [1.29, 1.82) is 0 Å². The predicted octanol–water partition coefficient (Wildman–Crippen LogP) is 4.34. The minimum absolute atomic E-state index is 0.265. The second-order valence-electron chi connectivity index (χ2n) is 7.17. The van der Waals surface area contributed by atoms with Crippen molar-refractivity contribution >= 4 is 39.9 Å². The molecule has 1 aliphatic rings. The second-order valence-corrected chi connectivity index (χ2v) is 7.98. The monoisotopic (exact) mass is 413 g/mol. The van der Waals surface area contributed by atoms with Gasteiger partial charge in [0.25, 0.3) is 0 Å². The van der Waals surface area contributed by atoms with Gasteiger partial charge in [0.15, 0.2) is 5.82 Å². The molecule has 0 aliphatic heterocycles. The minimum atomic E-state index is -1.06. The van der Waals surface area contributed by atoms with Crippen LogP contribution in [0.15, 0.2) is 35.5 Å². The summed E-state index contributed by atoms with van der Waals surface area (Å²) in [5.74, 6) is -0.840. The van der Waals surface area contributed by atoms with Crippen molar-refractivity contribution in [3.8, 4) is 11.1 Å². The third-order valence-corrected chi connectivity index (χ3v) is 6.09. The van der Waals surface area contributed by atoms with Crippen LogP contribution < -0.4 is 5.32 Å². The van der Waals surface area contributed by atoms with Gasteiger partial charge in [-0.15, -0.1) is 11.8 Å². The van der Waals surface area contributed by atoms with Crippen LogP contribution in [-0.4, -0.2) is 38.1 Å². The fraction of sp³-hybridized carbons (Fsp3) is 0.250. The highest BCUT2D eigenvalue weighted by atomic mass is 32.2. The molecule has 3 heterocycles. The molecule has 0 unspecified atom stereocenters. The van der Waals surface area contributed by atoms with Gasteiger partial charge in [0.05, 0.1) is 28.0 Å². The highest BCUT2D eigenvalue weighted by molar-refractivity contribution is 7.98. The average molecular weight is 413 g/mol. The van der Waals surface area contributed by atoms with E-state index in [2.05, 4.69) is 20.6 Å². The van der Waals surface area contributed by atoms with Crippen LogP contribution >= 0.6 is 11.8 Å². The van der Waals surface area contributed by atoms with Gasteiger partial charge in [-0.25, -0.2) is 13.3 Å². The van der Waals surface area contributed by atoms with Crippen LogP contribution in [0, 0.1) is 18.7 Å². The lowest BCUT2D eigenvalue weighted by Crippen LogP contribution is -2.15. The molecule has 1 amide bonds. The number of nitrogens with one attached hydrogen (secondary N) is 2. The topological polar surface area (TPSA) is 75.1 Å². The lowest BCUT2D eigenvalue weighted by atomic mass is 9.97. The van der Waals surface area contributed by atoms with E-state index in [1.165, 1.54) is 11.8 Å². The number of pyridine rings is 1. The standard InChI is InChI=1S/C20H17F2N5OS/c1-9-16(13-8-23-25-18(13)19(29-2)17(9)22)10-3-4-27-11(5-10)6-15(26-27)24-20(28)12-7-14(12)21/h3-6,8,12,14H,7H2,1-2H3,(H,23,25)(H,24,26,28)/t12-,14+/m1/s1. The summed E-state index contributed by atoms with van der Waals surface area (Å²) in [6.45, 7) is 1.76. The van der Waals surface area contributed by atoms with E-state index in [1.807, 2.05) is 18.4 Å². The SMILES string of the molecule is CSc1c(F)c(C)c(-c2ccn3nc(NC(=O)[C@@H]4C[C@@H]4F)cc3c2)c2cn[nH]c12. The molecule has 2 atom stereocenters. The van der Waals surface area contributed by atoms with E-state index in [4.69, 9.17) is 0 Å². The van der Waals surface area contributed by atoms with E-state index in [1.54, 1.807) is 29.9 Å². The van der Waals surface area contributed by atoms with Crippen LogP contribution in [0.4, 0.5) is 14.6 Å². The summed E-state index contributed by atoms with van der Waals surface area (Å²) < 4.78 is 29.7. The number of halogens is 2. The fourth-order valence-corrected chi connectivity index (χ4v) is 4.36. The van der Waals surface area contributed by atoms with Crippen molar-refractivity contribution in [1.82, 2.24) is 19.8 Å². The Balaban J connectivity index is 1.58. The predicted molar refractivity (Wildman–Crippen MR) is 108 cm³/mol. The van der Waals surface area contributed by atoms with Crippen LogP contribution in [0.3, 0.4) is 0 Å². The highest BCUT2D eigenvalue weighted by Crippen LogP contribution is 2.39. The number of benzene rings is 1. The summed E-state index contributed by atoms with van der Waals surface area (Å²) in [6.07, 6.45) is 4.49. The maximum absolute atomic E-state index is 15.0. The smallest absolute Gasteiger partial charge is 0.231 e. The van der Waals surface area contributed by atoms with E-state index < -0.39 is 12.1 Å². The zero-order valence-electron chi connectivity index (χ0n) is 15.7. The number of carbonyl (C=O) groups is 1. The number of fused-ring (bicyclic) bond motifs is 2. The Kier molecular flexibility index (Phi) is 4.09. The quantitative estimate of drug-likeness (QED) is 0.488. The zero-order valence-corrected chi connectivity index (χ0v) is 16.5. The third-order valence-electron chi connectivity index (χ3n) is 5.30. The Hall–Kier alpha value is -2.94. The van der Waals surface area contributed by atoms with E-state index in [9.17, 15) is 13.6 Å². The first-order valence-electron chi connectivity index (χ1n) is 9.11. The van der Waals surface area contributed by atoms with Gasteiger partial charge < -0.3 is 5.32 Å². The van der Waals surface area contributed by atoms with Crippen LogP contribution in [0.25, 0.3) is 27.5 Å². The van der Waals surface area contributed by atoms with Gasteiger partial charge in [-0.1, -0.05) is 0 Å². The lowest BCUT2D eigenvalue weighted by molar-refractivity contribution is -0.117. The molecule has 0 saturated heterocycles. The number of carbonyl (C=O) groups excluding carboxylic acids is 1. The Morgan fingerprint density at radius 1 is 1.41 bits per heavy atom. The third kappa shape index (κ3) is 2.88. The second kappa shape index (κ2) is 6.55. The first-order chi connectivity index (χ1) is 14.0. The highest BCUT2D eigenvalue weighted by Gasteiger charge is 2.43. The Morgan fingerprint density at radius 2 is 2.21 bits per heavy atom. The zero-order chi connectivity index (χ0) is 20.3. The number of H-pyrrole nitrogens is 1. The number of aromatic amines is 1. The van der Waals surface area contributed by atoms with Gasteiger partial charge >= 0.3 is 0 Å². The molecule has 1 aliphatic carbocycles. The largest absolute Gasteiger partial charge is 0.309 e.